The SMILES string of the molecule is Cc1sc(C(=O)O)cc1COCC1CCOCC1. The van der Waals surface area contributed by atoms with Crippen molar-refractivity contribution in [2.75, 3.05) is 19.8 Å². The maximum Gasteiger partial charge on any atom is 0.345 e. The first-order valence-corrected chi connectivity index (χ1v) is 6.96. The summed E-state index contributed by atoms with van der Waals surface area (Å²) in [5, 5.41) is 8.91. The van der Waals surface area contributed by atoms with Gasteiger partial charge in [-0.15, -0.1) is 11.3 Å². The van der Waals surface area contributed by atoms with Crippen molar-refractivity contribution in [3.05, 3.63) is 21.4 Å². The molecule has 0 saturated carbocycles. The lowest BCUT2D eigenvalue weighted by molar-refractivity contribution is 0.0157. The Morgan fingerprint density at radius 1 is 1.56 bits per heavy atom. The van der Waals surface area contributed by atoms with Crippen LogP contribution in [0, 0.1) is 12.8 Å². The molecule has 1 N–H and O–H groups in total. The van der Waals surface area contributed by atoms with Gasteiger partial charge in [-0.25, -0.2) is 4.79 Å². The van der Waals surface area contributed by atoms with E-state index in [1.807, 2.05) is 6.92 Å². The third-order valence-electron chi connectivity index (χ3n) is 3.18. The molecule has 2 rings (SSSR count). The molecule has 1 aromatic heterocycles. The molecule has 0 aliphatic carbocycles. The van der Waals surface area contributed by atoms with Crippen LogP contribution in [0.4, 0.5) is 0 Å². The number of carboxylic acid groups (broad SMARTS) is 1. The van der Waals surface area contributed by atoms with Gasteiger partial charge in [-0.05, 0) is 37.3 Å². The number of hydrogen-bond acceptors (Lipinski definition) is 4. The second-order valence-corrected chi connectivity index (χ2v) is 5.82. The third-order valence-corrected chi connectivity index (χ3v) is 4.26. The average molecular weight is 270 g/mol. The Morgan fingerprint density at radius 3 is 2.89 bits per heavy atom. The fourth-order valence-electron chi connectivity index (χ4n) is 2.02. The molecule has 0 spiro atoms. The van der Waals surface area contributed by atoms with Gasteiger partial charge in [0.25, 0.3) is 0 Å². The molecule has 1 fully saturated rings. The van der Waals surface area contributed by atoms with E-state index < -0.39 is 5.97 Å². The van der Waals surface area contributed by atoms with Crippen LogP contribution in [0.15, 0.2) is 6.07 Å². The molecule has 4 nitrogen and oxygen atoms in total. The van der Waals surface area contributed by atoms with Gasteiger partial charge in [0.15, 0.2) is 0 Å². The van der Waals surface area contributed by atoms with Crippen LogP contribution in [0.5, 0.6) is 0 Å². The summed E-state index contributed by atoms with van der Waals surface area (Å²) in [4.78, 5) is 12.3. The maximum absolute atomic E-state index is 10.8. The molecular weight excluding hydrogens is 252 g/mol. The number of thiophene rings is 1. The largest absolute Gasteiger partial charge is 0.477 e. The third kappa shape index (κ3) is 3.54. The summed E-state index contributed by atoms with van der Waals surface area (Å²) in [5.41, 5.74) is 0.990. The summed E-state index contributed by atoms with van der Waals surface area (Å²) >= 11 is 1.31. The normalized spacial score (nSPS) is 16.9. The smallest absolute Gasteiger partial charge is 0.345 e. The fraction of sp³-hybridized carbons (Fsp3) is 0.615. The van der Waals surface area contributed by atoms with E-state index in [2.05, 4.69) is 0 Å². The summed E-state index contributed by atoms with van der Waals surface area (Å²) in [6, 6.07) is 1.71. The maximum atomic E-state index is 10.8. The number of carbonyl (C=O) groups is 1. The number of ether oxygens (including phenoxy) is 2. The molecule has 18 heavy (non-hydrogen) atoms. The van der Waals surface area contributed by atoms with Crippen molar-refractivity contribution in [1.82, 2.24) is 0 Å². The molecule has 0 amide bonds. The highest BCUT2D eigenvalue weighted by Gasteiger charge is 2.15. The number of aryl methyl sites for hydroxylation is 1. The van der Waals surface area contributed by atoms with Crippen LogP contribution in [0.1, 0.15) is 33.0 Å². The first-order valence-electron chi connectivity index (χ1n) is 6.15. The molecular formula is C13H18O4S. The van der Waals surface area contributed by atoms with Crippen molar-refractivity contribution >= 4 is 17.3 Å². The minimum Gasteiger partial charge on any atom is -0.477 e. The second-order valence-electron chi connectivity index (χ2n) is 4.57. The van der Waals surface area contributed by atoms with E-state index in [9.17, 15) is 4.79 Å². The monoisotopic (exact) mass is 270 g/mol. The summed E-state index contributed by atoms with van der Waals surface area (Å²) in [6.07, 6.45) is 2.12. The van der Waals surface area contributed by atoms with E-state index in [0.717, 1.165) is 43.1 Å². The first kappa shape index (κ1) is 13.5. The summed E-state index contributed by atoms with van der Waals surface area (Å²) in [5.74, 6) is -0.282. The zero-order chi connectivity index (χ0) is 13.0. The highest BCUT2D eigenvalue weighted by Crippen LogP contribution is 2.23. The molecule has 1 aliphatic rings. The Balaban J connectivity index is 1.80. The van der Waals surface area contributed by atoms with Gasteiger partial charge in [-0.2, -0.15) is 0 Å². The quantitative estimate of drug-likeness (QED) is 0.893. The average Bonchev–Trinajstić information content (AvgIpc) is 2.73. The second kappa shape index (κ2) is 6.31. The predicted molar refractivity (Wildman–Crippen MR) is 69.2 cm³/mol. The highest BCUT2D eigenvalue weighted by atomic mass is 32.1. The lowest BCUT2D eigenvalue weighted by atomic mass is 10.0. The number of rotatable bonds is 5. The van der Waals surface area contributed by atoms with E-state index in [-0.39, 0.29) is 0 Å². The van der Waals surface area contributed by atoms with E-state index in [4.69, 9.17) is 14.6 Å². The topological polar surface area (TPSA) is 55.8 Å². The van der Waals surface area contributed by atoms with Crippen LogP contribution in [0.3, 0.4) is 0 Å². The number of hydrogen-bond donors (Lipinski definition) is 1. The minimum atomic E-state index is -0.862. The van der Waals surface area contributed by atoms with E-state index >= 15 is 0 Å². The number of aromatic carboxylic acids is 1. The van der Waals surface area contributed by atoms with Gasteiger partial charge < -0.3 is 14.6 Å². The molecule has 0 unspecified atom stereocenters. The van der Waals surface area contributed by atoms with Crippen molar-refractivity contribution in [2.24, 2.45) is 5.92 Å². The molecule has 1 saturated heterocycles. The molecule has 1 aliphatic heterocycles. The molecule has 0 atom stereocenters. The zero-order valence-corrected chi connectivity index (χ0v) is 11.3. The Kier molecular flexibility index (Phi) is 4.74. The van der Waals surface area contributed by atoms with Crippen LogP contribution in [-0.2, 0) is 16.1 Å². The van der Waals surface area contributed by atoms with Gasteiger partial charge in [0.2, 0.25) is 0 Å². The molecule has 0 aromatic carbocycles. The molecule has 0 bridgehead atoms. The summed E-state index contributed by atoms with van der Waals surface area (Å²) < 4.78 is 11.0. The lowest BCUT2D eigenvalue weighted by Gasteiger charge is -2.21. The molecule has 2 heterocycles. The first-order chi connectivity index (χ1) is 8.66. The lowest BCUT2D eigenvalue weighted by Crippen LogP contribution is -2.20. The van der Waals surface area contributed by atoms with Crippen molar-refractivity contribution in [3.63, 3.8) is 0 Å². The Bertz CT molecular complexity index is 407. The van der Waals surface area contributed by atoms with Gasteiger partial charge in [-0.3, -0.25) is 0 Å². The summed E-state index contributed by atoms with van der Waals surface area (Å²) in [7, 11) is 0. The molecule has 1 aromatic rings. The number of carboxylic acids is 1. The Hall–Kier alpha value is -0.910. The fourth-order valence-corrected chi connectivity index (χ4v) is 2.88. The van der Waals surface area contributed by atoms with Gasteiger partial charge in [0.05, 0.1) is 13.2 Å². The standard InChI is InChI=1S/C13H18O4S/c1-9-11(6-12(18-9)13(14)15)8-17-7-10-2-4-16-5-3-10/h6,10H,2-5,7-8H2,1H3,(H,14,15). The van der Waals surface area contributed by atoms with E-state index in [0.29, 0.717) is 17.4 Å². The van der Waals surface area contributed by atoms with Crippen LogP contribution in [0.25, 0.3) is 0 Å². The van der Waals surface area contributed by atoms with Crippen molar-refractivity contribution in [1.29, 1.82) is 0 Å². The van der Waals surface area contributed by atoms with Crippen LogP contribution >= 0.6 is 11.3 Å². The van der Waals surface area contributed by atoms with E-state index in [1.165, 1.54) is 11.3 Å². The Labute approximate surface area is 111 Å². The van der Waals surface area contributed by atoms with Gasteiger partial charge >= 0.3 is 5.97 Å². The van der Waals surface area contributed by atoms with Crippen molar-refractivity contribution < 1.29 is 19.4 Å². The highest BCUT2D eigenvalue weighted by molar-refractivity contribution is 7.14. The Morgan fingerprint density at radius 2 is 2.28 bits per heavy atom. The van der Waals surface area contributed by atoms with Crippen LogP contribution in [-0.4, -0.2) is 30.9 Å². The van der Waals surface area contributed by atoms with Crippen LogP contribution < -0.4 is 0 Å². The molecule has 0 radical (unpaired) electrons. The zero-order valence-electron chi connectivity index (χ0n) is 10.5. The van der Waals surface area contributed by atoms with Crippen molar-refractivity contribution in [2.45, 2.75) is 26.4 Å². The van der Waals surface area contributed by atoms with Gasteiger partial charge in [0, 0.05) is 18.1 Å². The van der Waals surface area contributed by atoms with E-state index in [1.54, 1.807) is 6.07 Å². The van der Waals surface area contributed by atoms with Crippen LogP contribution in [0.2, 0.25) is 0 Å². The minimum absolute atomic E-state index is 0.386. The van der Waals surface area contributed by atoms with Crippen molar-refractivity contribution in [3.8, 4) is 0 Å². The molecule has 5 heteroatoms. The van der Waals surface area contributed by atoms with Gasteiger partial charge in [-0.1, -0.05) is 0 Å². The van der Waals surface area contributed by atoms with Gasteiger partial charge in [0.1, 0.15) is 4.88 Å². The summed E-state index contributed by atoms with van der Waals surface area (Å²) in [6.45, 7) is 4.83. The predicted octanol–water partition coefficient (Wildman–Crippen LogP) is 2.70. The molecule has 100 valence electrons.